The Bertz CT molecular complexity index is 547. The monoisotopic (exact) mass is 328 g/mol. The number of rotatable bonds is 5. The van der Waals surface area contributed by atoms with Crippen molar-refractivity contribution in [3.63, 3.8) is 0 Å². The van der Waals surface area contributed by atoms with E-state index in [4.69, 9.17) is 0 Å². The van der Waals surface area contributed by atoms with E-state index >= 15 is 0 Å². The van der Waals surface area contributed by atoms with Gasteiger partial charge in [0.2, 0.25) is 0 Å². The number of pyridine rings is 1. The molecule has 0 bridgehead atoms. The van der Waals surface area contributed by atoms with E-state index in [1.807, 2.05) is 5.38 Å². The Morgan fingerprint density at radius 3 is 3.00 bits per heavy atom. The predicted molar refractivity (Wildman–Crippen MR) is 72.9 cm³/mol. The average molecular weight is 329 g/mol. The first-order chi connectivity index (χ1) is 8.68. The van der Waals surface area contributed by atoms with Crippen molar-refractivity contribution in [2.24, 2.45) is 0 Å². The van der Waals surface area contributed by atoms with Crippen molar-refractivity contribution in [2.45, 2.75) is 6.42 Å². The SMILES string of the molecule is O=[N+]([O-])c1cncc(Br)c1NCCc1nccs1. The maximum atomic E-state index is 10.9. The van der Waals surface area contributed by atoms with Crippen molar-refractivity contribution in [1.29, 1.82) is 0 Å². The second kappa shape index (κ2) is 5.87. The fourth-order valence-electron chi connectivity index (χ4n) is 1.41. The highest BCUT2D eigenvalue weighted by molar-refractivity contribution is 9.10. The van der Waals surface area contributed by atoms with Gasteiger partial charge in [-0.05, 0) is 15.9 Å². The van der Waals surface area contributed by atoms with E-state index < -0.39 is 4.92 Å². The summed E-state index contributed by atoms with van der Waals surface area (Å²) in [6.07, 6.45) is 5.23. The number of anilines is 1. The van der Waals surface area contributed by atoms with Crippen LogP contribution in [0.4, 0.5) is 11.4 Å². The molecule has 0 saturated carbocycles. The Labute approximate surface area is 115 Å². The van der Waals surface area contributed by atoms with Crippen molar-refractivity contribution < 1.29 is 4.92 Å². The van der Waals surface area contributed by atoms with E-state index in [2.05, 4.69) is 31.2 Å². The van der Waals surface area contributed by atoms with Gasteiger partial charge in [-0.1, -0.05) is 0 Å². The first kappa shape index (κ1) is 12.9. The summed E-state index contributed by atoms with van der Waals surface area (Å²) >= 11 is 4.82. The van der Waals surface area contributed by atoms with Gasteiger partial charge >= 0.3 is 5.69 Å². The number of hydrogen-bond acceptors (Lipinski definition) is 6. The maximum Gasteiger partial charge on any atom is 0.311 e. The van der Waals surface area contributed by atoms with Crippen LogP contribution >= 0.6 is 27.3 Å². The average Bonchev–Trinajstić information content (AvgIpc) is 2.84. The molecule has 0 fully saturated rings. The number of thiazole rings is 1. The highest BCUT2D eigenvalue weighted by Gasteiger charge is 2.16. The lowest BCUT2D eigenvalue weighted by Gasteiger charge is -2.07. The van der Waals surface area contributed by atoms with Crippen LogP contribution in [0.5, 0.6) is 0 Å². The molecule has 0 aliphatic rings. The molecule has 2 aromatic rings. The van der Waals surface area contributed by atoms with Crippen molar-refractivity contribution in [3.05, 3.63) is 43.6 Å². The molecule has 1 N–H and O–H groups in total. The molecule has 0 aromatic carbocycles. The lowest BCUT2D eigenvalue weighted by atomic mass is 10.3. The Kier molecular flexibility index (Phi) is 4.21. The van der Waals surface area contributed by atoms with E-state index in [0.717, 1.165) is 11.4 Å². The van der Waals surface area contributed by atoms with Crippen LogP contribution < -0.4 is 5.32 Å². The van der Waals surface area contributed by atoms with Crippen molar-refractivity contribution in [3.8, 4) is 0 Å². The lowest BCUT2D eigenvalue weighted by Crippen LogP contribution is -2.07. The summed E-state index contributed by atoms with van der Waals surface area (Å²) in [6.45, 7) is 0.580. The van der Waals surface area contributed by atoms with Crippen LogP contribution in [0.15, 0.2) is 28.4 Å². The third-order valence-electron chi connectivity index (χ3n) is 2.20. The van der Waals surface area contributed by atoms with Crippen molar-refractivity contribution >= 4 is 38.6 Å². The van der Waals surface area contributed by atoms with E-state index in [9.17, 15) is 10.1 Å². The molecule has 94 valence electrons. The molecule has 8 heteroatoms. The van der Waals surface area contributed by atoms with Crippen molar-refractivity contribution in [1.82, 2.24) is 9.97 Å². The third kappa shape index (κ3) is 3.02. The first-order valence-electron chi connectivity index (χ1n) is 5.08. The van der Waals surface area contributed by atoms with Gasteiger partial charge in [-0.2, -0.15) is 0 Å². The molecule has 0 amide bonds. The molecule has 0 atom stereocenters. The number of nitrogens with one attached hydrogen (secondary N) is 1. The molecule has 0 radical (unpaired) electrons. The maximum absolute atomic E-state index is 10.9. The highest BCUT2D eigenvalue weighted by atomic mass is 79.9. The van der Waals surface area contributed by atoms with Crippen molar-refractivity contribution in [2.75, 3.05) is 11.9 Å². The zero-order chi connectivity index (χ0) is 13.0. The highest BCUT2D eigenvalue weighted by Crippen LogP contribution is 2.30. The molecule has 0 saturated heterocycles. The van der Waals surface area contributed by atoms with Crippen LogP contribution in [0.2, 0.25) is 0 Å². The molecule has 6 nitrogen and oxygen atoms in total. The fraction of sp³-hybridized carbons (Fsp3) is 0.200. The number of nitrogens with zero attached hydrogens (tertiary/aromatic N) is 3. The van der Waals surface area contributed by atoms with Crippen LogP contribution in [-0.2, 0) is 6.42 Å². The normalized spacial score (nSPS) is 10.3. The van der Waals surface area contributed by atoms with Gasteiger partial charge in [0.1, 0.15) is 11.9 Å². The smallest absolute Gasteiger partial charge is 0.311 e. The van der Waals surface area contributed by atoms with E-state index in [1.54, 1.807) is 17.5 Å². The third-order valence-corrected chi connectivity index (χ3v) is 3.64. The van der Waals surface area contributed by atoms with E-state index in [-0.39, 0.29) is 5.69 Å². The quantitative estimate of drug-likeness (QED) is 0.674. The Balaban J connectivity index is 2.06. The second-order valence-corrected chi connectivity index (χ2v) is 5.21. The minimum absolute atomic E-state index is 0.0384. The lowest BCUT2D eigenvalue weighted by molar-refractivity contribution is -0.384. The Hall–Kier alpha value is -1.54. The van der Waals surface area contributed by atoms with Crippen LogP contribution in [0.25, 0.3) is 0 Å². The zero-order valence-electron chi connectivity index (χ0n) is 9.17. The number of hydrogen-bond donors (Lipinski definition) is 1. The molecule has 2 heterocycles. The molecule has 2 aromatic heterocycles. The van der Waals surface area contributed by atoms with Crippen LogP contribution in [0, 0.1) is 10.1 Å². The number of nitro groups is 1. The number of aromatic nitrogens is 2. The Morgan fingerprint density at radius 2 is 2.33 bits per heavy atom. The van der Waals surface area contributed by atoms with E-state index in [1.165, 1.54) is 12.4 Å². The van der Waals surface area contributed by atoms with Gasteiger partial charge in [-0.15, -0.1) is 11.3 Å². The van der Waals surface area contributed by atoms with Gasteiger partial charge < -0.3 is 5.32 Å². The molecular weight excluding hydrogens is 320 g/mol. The summed E-state index contributed by atoms with van der Waals surface area (Å²) < 4.78 is 0.579. The molecular formula is C10H9BrN4O2S. The minimum atomic E-state index is -0.455. The van der Waals surface area contributed by atoms with E-state index in [0.29, 0.717) is 16.7 Å². The summed E-state index contributed by atoms with van der Waals surface area (Å²) in [5.41, 5.74) is 0.412. The fourth-order valence-corrected chi connectivity index (χ4v) is 2.49. The van der Waals surface area contributed by atoms with Gasteiger partial charge in [0, 0.05) is 30.7 Å². The minimum Gasteiger partial charge on any atom is -0.378 e. The summed E-state index contributed by atoms with van der Waals surface area (Å²) in [5, 5.41) is 16.8. The standard InChI is InChI=1S/C10H9BrN4O2S/c11-7-5-12-6-8(15(16)17)10(7)14-2-1-9-13-3-4-18-9/h3-6H,1-2H2,(H,12,14). The summed E-state index contributed by atoms with van der Waals surface area (Å²) in [6, 6.07) is 0. The predicted octanol–water partition coefficient (Wildman–Crippen LogP) is 2.86. The number of halogens is 1. The summed E-state index contributed by atoms with van der Waals surface area (Å²) in [4.78, 5) is 18.3. The first-order valence-corrected chi connectivity index (χ1v) is 6.76. The summed E-state index contributed by atoms with van der Waals surface area (Å²) in [5.74, 6) is 0. The Morgan fingerprint density at radius 1 is 1.50 bits per heavy atom. The molecule has 0 aliphatic carbocycles. The molecule has 0 unspecified atom stereocenters. The molecule has 0 aliphatic heterocycles. The van der Waals surface area contributed by atoms with Gasteiger partial charge in [0.25, 0.3) is 0 Å². The largest absolute Gasteiger partial charge is 0.378 e. The molecule has 2 rings (SSSR count). The van der Waals surface area contributed by atoms with Crippen LogP contribution in [0.1, 0.15) is 5.01 Å². The molecule has 0 spiro atoms. The molecule has 18 heavy (non-hydrogen) atoms. The van der Waals surface area contributed by atoms with Gasteiger partial charge in [-0.25, -0.2) is 4.98 Å². The van der Waals surface area contributed by atoms with Crippen LogP contribution in [-0.4, -0.2) is 21.4 Å². The van der Waals surface area contributed by atoms with Crippen LogP contribution in [0.3, 0.4) is 0 Å². The summed E-state index contributed by atoms with van der Waals surface area (Å²) in [7, 11) is 0. The van der Waals surface area contributed by atoms with Gasteiger partial charge in [-0.3, -0.25) is 15.1 Å². The van der Waals surface area contributed by atoms with Gasteiger partial charge in [0.05, 0.1) is 14.4 Å². The second-order valence-electron chi connectivity index (χ2n) is 3.38. The van der Waals surface area contributed by atoms with Gasteiger partial charge in [0.15, 0.2) is 0 Å². The topological polar surface area (TPSA) is 81.0 Å². The zero-order valence-corrected chi connectivity index (χ0v) is 11.6.